The molecular weight excluding hydrogens is 328 g/mol. The Balaban J connectivity index is 2.25. The molecule has 0 fully saturated rings. The maximum atomic E-state index is 12.1. The van der Waals surface area contributed by atoms with Crippen molar-refractivity contribution in [3.05, 3.63) is 24.3 Å². The number of carbonyl (C=O) groups excluding carboxylic acids is 2. The molecular formula is C22H36O4. The van der Waals surface area contributed by atoms with Crippen LogP contribution in [-0.4, -0.2) is 29.6 Å². The summed E-state index contributed by atoms with van der Waals surface area (Å²) in [6.45, 7) is 4.41. The molecule has 148 valence electrons. The number of carbonyl (C=O) groups is 2. The second-order valence-electron chi connectivity index (χ2n) is 7.15. The minimum absolute atomic E-state index is 0.0131. The molecule has 0 aromatic carbocycles. The van der Waals surface area contributed by atoms with Gasteiger partial charge in [-0.05, 0) is 32.3 Å². The summed E-state index contributed by atoms with van der Waals surface area (Å²) in [6.07, 6.45) is 16.4. The molecule has 0 spiro atoms. The van der Waals surface area contributed by atoms with Gasteiger partial charge in [-0.2, -0.15) is 0 Å². The van der Waals surface area contributed by atoms with Crippen molar-refractivity contribution in [3.8, 4) is 0 Å². The third-order valence-electron chi connectivity index (χ3n) is 4.92. The number of aliphatic hydroxyl groups is 1. The Hall–Kier alpha value is -1.42. The number of unbranched alkanes of at least 4 members (excludes halogenated alkanes) is 5. The maximum Gasteiger partial charge on any atom is 0.305 e. The first-order valence-electron chi connectivity index (χ1n) is 10.3. The molecule has 0 saturated heterocycles. The van der Waals surface area contributed by atoms with Gasteiger partial charge < -0.3 is 9.84 Å². The summed E-state index contributed by atoms with van der Waals surface area (Å²) in [4.78, 5) is 23.4. The molecule has 0 radical (unpaired) electrons. The Morgan fingerprint density at radius 3 is 2.69 bits per heavy atom. The van der Waals surface area contributed by atoms with Crippen LogP contribution in [0.4, 0.5) is 0 Å². The predicted molar refractivity (Wildman–Crippen MR) is 105 cm³/mol. The van der Waals surface area contributed by atoms with Crippen molar-refractivity contribution in [3.63, 3.8) is 0 Å². The van der Waals surface area contributed by atoms with Gasteiger partial charge in [0.1, 0.15) is 0 Å². The summed E-state index contributed by atoms with van der Waals surface area (Å²) in [6, 6.07) is 0. The van der Waals surface area contributed by atoms with E-state index in [1.54, 1.807) is 6.08 Å². The number of esters is 1. The van der Waals surface area contributed by atoms with Crippen LogP contribution in [0.15, 0.2) is 24.3 Å². The van der Waals surface area contributed by atoms with Crippen molar-refractivity contribution in [2.24, 2.45) is 11.8 Å². The number of hydrogen-bond acceptors (Lipinski definition) is 4. The van der Waals surface area contributed by atoms with Crippen molar-refractivity contribution < 1.29 is 19.4 Å². The Morgan fingerprint density at radius 1 is 1.19 bits per heavy atom. The van der Waals surface area contributed by atoms with Gasteiger partial charge in [0.25, 0.3) is 0 Å². The number of allylic oxidation sites excluding steroid dienone is 3. The maximum absolute atomic E-state index is 12.1. The first kappa shape index (κ1) is 22.6. The van der Waals surface area contributed by atoms with Crippen LogP contribution in [0.25, 0.3) is 0 Å². The number of aliphatic hydroxyl groups excluding tert-OH is 1. The van der Waals surface area contributed by atoms with E-state index in [1.807, 2.05) is 25.2 Å². The van der Waals surface area contributed by atoms with E-state index in [9.17, 15) is 14.7 Å². The van der Waals surface area contributed by atoms with Crippen molar-refractivity contribution in [2.75, 3.05) is 6.61 Å². The van der Waals surface area contributed by atoms with Crippen LogP contribution in [0.2, 0.25) is 0 Å². The molecule has 1 N–H and O–H groups in total. The van der Waals surface area contributed by atoms with Crippen LogP contribution < -0.4 is 0 Å². The van der Waals surface area contributed by atoms with Crippen LogP contribution in [0.3, 0.4) is 0 Å². The summed E-state index contributed by atoms with van der Waals surface area (Å²) in [7, 11) is 0. The van der Waals surface area contributed by atoms with E-state index < -0.39 is 6.10 Å². The van der Waals surface area contributed by atoms with Crippen LogP contribution in [0.1, 0.15) is 78.1 Å². The lowest BCUT2D eigenvalue weighted by Crippen LogP contribution is -2.15. The van der Waals surface area contributed by atoms with Gasteiger partial charge in [0.05, 0.1) is 12.7 Å². The van der Waals surface area contributed by atoms with E-state index in [0.717, 1.165) is 57.8 Å². The van der Waals surface area contributed by atoms with E-state index >= 15 is 0 Å². The highest BCUT2D eigenvalue weighted by molar-refractivity contribution is 5.94. The molecule has 2 unspecified atom stereocenters. The van der Waals surface area contributed by atoms with Gasteiger partial charge in [-0.25, -0.2) is 0 Å². The van der Waals surface area contributed by atoms with E-state index in [-0.39, 0.29) is 23.6 Å². The summed E-state index contributed by atoms with van der Waals surface area (Å²) in [5, 5.41) is 10.0. The number of ether oxygens (including phenoxy) is 1. The van der Waals surface area contributed by atoms with Crippen molar-refractivity contribution in [1.82, 2.24) is 0 Å². The highest BCUT2D eigenvalue weighted by atomic mass is 16.5. The van der Waals surface area contributed by atoms with Gasteiger partial charge in [0, 0.05) is 18.3 Å². The molecule has 0 aromatic rings. The third kappa shape index (κ3) is 9.33. The van der Waals surface area contributed by atoms with Crippen molar-refractivity contribution in [1.29, 1.82) is 0 Å². The zero-order valence-electron chi connectivity index (χ0n) is 16.5. The zero-order valence-corrected chi connectivity index (χ0v) is 16.5. The van der Waals surface area contributed by atoms with Gasteiger partial charge in [-0.3, -0.25) is 9.59 Å². The van der Waals surface area contributed by atoms with Gasteiger partial charge in [-0.15, -0.1) is 0 Å². The standard InChI is InChI=1S/C22H36O4/c1-3-5-8-11-19(23)16-14-18-15-17-21(24)20(18)12-9-6-7-10-13-22(25)26-4-2/h14-20,23H,3-13H2,1-2H3/b16-14+/t18-,19?,20?/m0/s1. The van der Waals surface area contributed by atoms with Crippen LogP contribution >= 0.6 is 0 Å². The molecule has 26 heavy (non-hydrogen) atoms. The van der Waals surface area contributed by atoms with E-state index in [1.165, 1.54) is 0 Å². The summed E-state index contributed by atoms with van der Waals surface area (Å²) >= 11 is 0. The molecule has 3 atom stereocenters. The molecule has 0 saturated carbocycles. The van der Waals surface area contributed by atoms with Gasteiger partial charge in [0.15, 0.2) is 5.78 Å². The fourth-order valence-corrected chi connectivity index (χ4v) is 3.36. The Morgan fingerprint density at radius 2 is 1.96 bits per heavy atom. The van der Waals surface area contributed by atoms with Gasteiger partial charge in [-0.1, -0.05) is 63.7 Å². The molecule has 0 heterocycles. The highest BCUT2D eigenvalue weighted by Crippen LogP contribution is 2.29. The van der Waals surface area contributed by atoms with E-state index in [4.69, 9.17) is 4.74 Å². The fraction of sp³-hybridized carbons (Fsp3) is 0.727. The molecule has 1 aliphatic carbocycles. The first-order chi connectivity index (χ1) is 12.6. The summed E-state index contributed by atoms with van der Waals surface area (Å²) in [5.41, 5.74) is 0. The minimum Gasteiger partial charge on any atom is -0.466 e. The quantitative estimate of drug-likeness (QED) is 0.274. The predicted octanol–water partition coefficient (Wildman–Crippen LogP) is 4.76. The van der Waals surface area contributed by atoms with Crippen molar-refractivity contribution >= 4 is 11.8 Å². The monoisotopic (exact) mass is 364 g/mol. The molecule has 0 aliphatic heterocycles. The fourth-order valence-electron chi connectivity index (χ4n) is 3.36. The van der Waals surface area contributed by atoms with Gasteiger partial charge >= 0.3 is 5.97 Å². The van der Waals surface area contributed by atoms with Crippen LogP contribution in [0.5, 0.6) is 0 Å². The average Bonchev–Trinajstić information content (AvgIpc) is 2.96. The second kappa shape index (κ2) is 13.7. The number of rotatable bonds is 14. The Bertz CT molecular complexity index is 467. The summed E-state index contributed by atoms with van der Waals surface area (Å²) < 4.78 is 4.91. The molecule has 0 amide bonds. The topological polar surface area (TPSA) is 63.6 Å². The van der Waals surface area contributed by atoms with Crippen LogP contribution in [0, 0.1) is 11.8 Å². The number of ketones is 1. The minimum atomic E-state index is -0.408. The number of hydrogen-bond donors (Lipinski definition) is 1. The molecule has 1 rings (SSSR count). The molecule has 0 aromatic heterocycles. The molecule has 4 heteroatoms. The molecule has 0 bridgehead atoms. The lowest BCUT2D eigenvalue weighted by molar-refractivity contribution is -0.143. The van der Waals surface area contributed by atoms with Gasteiger partial charge in [0.2, 0.25) is 0 Å². The normalized spacial score (nSPS) is 20.8. The van der Waals surface area contributed by atoms with E-state index in [0.29, 0.717) is 13.0 Å². The molecule has 4 nitrogen and oxygen atoms in total. The van der Waals surface area contributed by atoms with E-state index in [2.05, 4.69) is 6.92 Å². The first-order valence-corrected chi connectivity index (χ1v) is 10.3. The zero-order chi connectivity index (χ0) is 19.2. The smallest absolute Gasteiger partial charge is 0.305 e. The lowest BCUT2D eigenvalue weighted by atomic mass is 9.88. The third-order valence-corrected chi connectivity index (χ3v) is 4.92. The largest absolute Gasteiger partial charge is 0.466 e. The Labute approximate surface area is 158 Å². The Kier molecular flexibility index (Phi) is 12.0. The average molecular weight is 365 g/mol. The second-order valence-corrected chi connectivity index (χ2v) is 7.15. The lowest BCUT2D eigenvalue weighted by Gasteiger charge is -2.15. The molecule has 1 aliphatic rings. The van der Waals surface area contributed by atoms with Crippen molar-refractivity contribution in [2.45, 2.75) is 84.2 Å². The van der Waals surface area contributed by atoms with Crippen LogP contribution in [-0.2, 0) is 14.3 Å². The SMILES string of the molecule is CCCCCC(O)/C=C/[C@H]1C=CC(=O)C1CCCCCCC(=O)OCC. The summed E-state index contributed by atoms with van der Waals surface area (Å²) in [5.74, 6) is 0.207. The highest BCUT2D eigenvalue weighted by Gasteiger charge is 2.27.